The summed E-state index contributed by atoms with van der Waals surface area (Å²) in [6, 6.07) is 4.43. The molecule has 21 heavy (non-hydrogen) atoms. The number of carboxylic acid groups (broad SMARTS) is 1. The zero-order valence-corrected chi connectivity index (χ0v) is 12.5. The molecular weight excluding hydrogens is 276 g/mol. The van der Waals surface area contributed by atoms with Crippen molar-refractivity contribution in [1.29, 1.82) is 0 Å². The van der Waals surface area contributed by atoms with Gasteiger partial charge in [0.2, 0.25) is 0 Å². The van der Waals surface area contributed by atoms with Crippen molar-refractivity contribution in [2.24, 2.45) is 0 Å². The Labute approximate surface area is 123 Å². The molecule has 7 nitrogen and oxygen atoms in total. The van der Waals surface area contributed by atoms with Crippen LogP contribution in [-0.2, 0) is 4.79 Å². The summed E-state index contributed by atoms with van der Waals surface area (Å²) >= 11 is 0. The van der Waals surface area contributed by atoms with Crippen LogP contribution in [0.3, 0.4) is 0 Å². The maximum absolute atomic E-state index is 11.4. The lowest BCUT2D eigenvalue weighted by Gasteiger charge is -2.28. The van der Waals surface area contributed by atoms with E-state index in [0.29, 0.717) is 11.3 Å². The zero-order chi connectivity index (χ0) is 16.2. The van der Waals surface area contributed by atoms with Gasteiger partial charge in [-0.05, 0) is 33.8 Å². The predicted molar refractivity (Wildman–Crippen MR) is 77.6 cm³/mol. The number of aliphatic carboxylic acids is 1. The Bertz CT molecular complexity index is 544. The summed E-state index contributed by atoms with van der Waals surface area (Å²) in [5.74, 6) is -0.735. The Morgan fingerprint density at radius 1 is 1.52 bits per heavy atom. The molecule has 0 aliphatic heterocycles. The first kappa shape index (κ1) is 16.9. The molecular formula is C14H20N2O5. The highest BCUT2D eigenvalue weighted by Gasteiger charge is 2.35. The van der Waals surface area contributed by atoms with Crippen molar-refractivity contribution in [3.8, 4) is 5.75 Å². The molecule has 0 saturated heterocycles. The van der Waals surface area contributed by atoms with E-state index in [1.165, 1.54) is 19.1 Å². The molecule has 0 aliphatic rings. The van der Waals surface area contributed by atoms with E-state index in [4.69, 9.17) is 4.74 Å². The molecule has 2 N–H and O–H groups in total. The van der Waals surface area contributed by atoms with Crippen molar-refractivity contribution in [3.63, 3.8) is 0 Å². The third-order valence-electron chi connectivity index (χ3n) is 3.05. The molecule has 0 bridgehead atoms. The normalized spacial score (nSPS) is 13.8. The Morgan fingerprint density at radius 3 is 2.62 bits per heavy atom. The van der Waals surface area contributed by atoms with Crippen molar-refractivity contribution in [1.82, 2.24) is 5.32 Å². The molecule has 1 unspecified atom stereocenters. The van der Waals surface area contributed by atoms with E-state index in [9.17, 15) is 20.0 Å². The summed E-state index contributed by atoms with van der Waals surface area (Å²) in [4.78, 5) is 21.8. The van der Waals surface area contributed by atoms with E-state index >= 15 is 0 Å². The molecule has 0 spiro atoms. The molecule has 1 rings (SSSR count). The number of hydrogen-bond donors (Lipinski definition) is 2. The summed E-state index contributed by atoms with van der Waals surface area (Å²) in [7, 11) is 0. The average molecular weight is 296 g/mol. The van der Waals surface area contributed by atoms with Crippen molar-refractivity contribution in [2.45, 2.75) is 39.3 Å². The highest BCUT2D eigenvalue weighted by atomic mass is 16.6. The highest BCUT2D eigenvalue weighted by molar-refractivity contribution is 5.78. The van der Waals surface area contributed by atoms with Crippen molar-refractivity contribution < 1.29 is 19.6 Å². The van der Waals surface area contributed by atoms with Crippen LogP contribution >= 0.6 is 0 Å². The predicted octanol–water partition coefficient (Wildman–Crippen LogP) is 2.12. The van der Waals surface area contributed by atoms with Crippen molar-refractivity contribution in [2.75, 3.05) is 6.61 Å². The van der Waals surface area contributed by atoms with Gasteiger partial charge in [0, 0.05) is 12.1 Å². The standard InChI is InChI=1S/C14H20N2O5/c1-9(2)15-14(4,13(17)18)8-21-12-7-5-6-11(10(12)3)16(19)20/h5-7,9,15H,8H2,1-4H3,(H,17,18). The lowest BCUT2D eigenvalue weighted by Crippen LogP contribution is -2.56. The minimum atomic E-state index is -1.27. The van der Waals surface area contributed by atoms with E-state index in [1.807, 2.05) is 13.8 Å². The number of nitro groups is 1. The van der Waals surface area contributed by atoms with Gasteiger partial charge in [-0.1, -0.05) is 6.07 Å². The van der Waals surface area contributed by atoms with E-state index in [2.05, 4.69) is 5.32 Å². The molecule has 0 radical (unpaired) electrons. The molecule has 0 aliphatic carbocycles. The van der Waals surface area contributed by atoms with Crippen molar-refractivity contribution in [3.05, 3.63) is 33.9 Å². The van der Waals surface area contributed by atoms with Gasteiger partial charge in [0.25, 0.3) is 5.69 Å². The minimum Gasteiger partial charge on any atom is -0.491 e. The average Bonchev–Trinajstić information content (AvgIpc) is 2.36. The molecule has 1 aromatic carbocycles. The molecule has 0 aromatic heterocycles. The van der Waals surface area contributed by atoms with Crippen molar-refractivity contribution >= 4 is 11.7 Å². The van der Waals surface area contributed by atoms with E-state index in [0.717, 1.165) is 0 Å². The van der Waals surface area contributed by atoms with Crippen LogP contribution in [0.15, 0.2) is 18.2 Å². The summed E-state index contributed by atoms with van der Waals surface area (Å²) in [5.41, 5.74) is -0.952. The summed E-state index contributed by atoms with van der Waals surface area (Å²) in [6.07, 6.45) is 0. The molecule has 116 valence electrons. The van der Waals surface area contributed by atoms with E-state index in [-0.39, 0.29) is 18.3 Å². The van der Waals surface area contributed by atoms with Gasteiger partial charge in [0.05, 0.1) is 10.5 Å². The number of benzene rings is 1. The molecule has 0 heterocycles. The van der Waals surface area contributed by atoms with Crippen LogP contribution in [0.25, 0.3) is 0 Å². The Balaban J connectivity index is 2.94. The van der Waals surface area contributed by atoms with Gasteiger partial charge < -0.3 is 9.84 Å². The highest BCUT2D eigenvalue weighted by Crippen LogP contribution is 2.27. The molecule has 1 atom stereocenters. The Morgan fingerprint density at radius 2 is 2.14 bits per heavy atom. The fraction of sp³-hybridized carbons (Fsp3) is 0.500. The fourth-order valence-corrected chi connectivity index (χ4v) is 1.98. The van der Waals surface area contributed by atoms with Crippen LogP contribution in [0, 0.1) is 17.0 Å². The Kier molecular flexibility index (Phi) is 5.26. The lowest BCUT2D eigenvalue weighted by atomic mass is 10.0. The third-order valence-corrected chi connectivity index (χ3v) is 3.05. The van der Waals surface area contributed by atoms with Gasteiger partial charge in [-0.2, -0.15) is 0 Å². The molecule has 7 heteroatoms. The zero-order valence-electron chi connectivity index (χ0n) is 12.5. The Hall–Kier alpha value is -2.15. The topological polar surface area (TPSA) is 102 Å². The van der Waals surface area contributed by atoms with Crippen LogP contribution in [0.5, 0.6) is 5.75 Å². The third kappa shape index (κ3) is 4.16. The fourth-order valence-electron chi connectivity index (χ4n) is 1.98. The largest absolute Gasteiger partial charge is 0.491 e. The van der Waals surface area contributed by atoms with Gasteiger partial charge in [-0.3, -0.25) is 20.2 Å². The second-order valence-corrected chi connectivity index (χ2v) is 5.38. The van der Waals surface area contributed by atoms with Crippen LogP contribution in [0.2, 0.25) is 0 Å². The second-order valence-electron chi connectivity index (χ2n) is 5.38. The SMILES string of the molecule is Cc1c(OCC(C)(NC(C)C)C(=O)O)cccc1[N+](=O)[O-]. The number of nitro benzene ring substituents is 1. The number of carbonyl (C=O) groups is 1. The van der Waals surface area contributed by atoms with Crippen LogP contribution in [0.4, 0.5) is 5.69 Å². The van der Waals surface area contributed by atoms with Crippen LogP contribution in [-0.4, -0.2) is 34.2 Å². The number of rotatable bonds is 7. The quantitative estimate of drug-likeness (QED) is 0.590. The summed E-state index contributed by atoms with van der Waals surface area (Å²) < 4.78 is 5.51. The van der Waals surface area contributed by atoms with Crippen LogP contribution < -0.4 is 10.1 Å². The lowest BCUT2D eigenvalue weighted by molar-refractivity contribution is -0.385. The van der Waals surface area contributed by atoms with Gasteiger partial charge in [-0.25, -0.2) is 0 Å². The monoisotopic (exact) mass is 296 g/mol. The molecule has 1 aromatic rings. The smallest absolute Gasteiger partial charge is 0.327 e. The maximum atomic E-state index is 11.4. The van der Waals surface area contributed by atoms with Crippen LogP contribution in [0.1, 0.15) is 26.3 Å². The van der Waals surface area contributed by atoms with E-state index < -0.39 is 16.4 Å². The second kappa shape index (κ2) is 6.53. The number of carboxylic acids is 1. The van der Waals surface area contributed by atoms with Gasteiger partial charge in [0.15, 0.2) is 0 Å². The first-order valence-electron chi connectivity index (χ1n) is 6.55. The minimum absolute atomic E-state index is 0.0408. The number of nitrogens with one attached hydrogen (secondary N) is 1. The summed E-state index contributed by atoms with van der Waals surface area (Å²) in [5, 5.41) is 23.1. The molecule has 0 amide bonds. The number of nitrogens with zero attached hydrogens (tertiary/aromatic N) is 1. The maximum Gasteiger partial charge on any atom is 0.327 e. The molecule has 0 saturated carbocycles. The first-order chi connectivity index (χ1) is 9.67. The van der Waals surface area contributed by atoms with Gasteiger partial charge in [0.1, 0.15) is 17.9 Å². The number of hydrogen-bond acceptors (Lipinski definition) is 5. The first-order valence-corrected chi connectivity index (χ1v) is 6.55. The van der Waals surface area contributed by atoms with Gasteiger partial charge in [-0.15, -0.1) is 0 Å². The number of ether oxygens (including phenoxy) is 1. The van der Waals surface area contributed by atoms with E-state index in [1.54, 1.807) is 13.0 Å². The summed E-state index contributed by atoms with van der Waals surface area (Å²) in [6.45, 7) is 6.62. The molecule has 0 fully saturated rings. The van der Waals surface area contributed by atoms with Gasteiger partial charge >= 0.3 is 5.97 Å².